The largest absolute Gasteiger partial charge is 0.357 e. The third kappa shape index (κ3) is 3.10. The summed E-state index contributed by atoms with van der Waals surface area (Å²) in [5.74, 6) is 0.928. The number of amides is 1. The van der Waals surface area contributed by atoms with E-state index in [-0.39, 0.29) is 11.3 Å². The monoisotopic (exact) mass is 276 g/mol. The normalized spacial score (nSPS) is 17.9. The van der Waals surface area contributed by atoms with Crippen molar-refractivity contribution >= 4 is 11.7 Å². The Balaban J connectivity index is 2.03. The number of carbonyl (C=O) groups excluding carboxylic acids is 1. The molecular weight excluding hydrogens is 252 g/mol. The first-order valence-corrected chi connectivity index (χ1v) is 7.08. The lowest BCUT2D eigenvalue weighted by Crippen LogP contribution is -2.42. The lowest BCUT2D eigenvalue weighted by atomic mass is 9.80. The van der Waals surface area contributed by atoms with Gasteiger partial charge in [0.25, 0.3) is 5.91 Å². The van der Waals surface area contributed by atoms with Gasteiger partial charge in [-0.3, -0.25) is 4.79 Å². The lowest BCUT2D eigenvalue weighted by molar-refractivity contribution is 0.0827. The highest BCUT2D eigenvalue weighted by Crippen LogP contribution is 2.31. The topological polar surface area (TPSA) is 62.5 Å². The van der Waals surface area contributed by atoms with Crippen LogP contribution in [0, 0.1) is 5.41 Å². The molecule has 1 aliphatic rings. The van der Waals surface area contributed by atoms with Crippen molar-refractivity contribution in [1.29, 1.82) is 0 Å². The van der Waals surface area contributed by atoms with Crippen molar-refractivity contribution in [3.63, 3.8) is 0 Å². The molecule has 0 aliphatic carbocycles. The van der Waals surface area contributed by atoms with Gasteiger partial charge in [-0.2, -0.15) is 0 Å². The second-order valence-corrected chi connectivity index (χ2v) is 6.11. The second-order valence-electron chi connectivity index (χ2n) is 6.11. The summed E-state index contributed by atoms with van der Waals surface area (Å²) in [6.07, 6.45) is 3.83. The first-order valence-electron chi connectivity index (χ1n) is 7.08. The summed E-state index contributed by atoms with van der Waals surface area (Å²) < 4.78 is 0. The minimum Gasteiger partial charge on any atom is -0.357 e. The minimum absolute atomic E-state index is 0.0154. The summed E-state index contributed by atoms with van der Waals surface area (Å²) in [7, 11) is 3.49. The van der Waals surface area contributed by atoms with E-state index in [0.717, 1.165) is 38.3 Å². The molecule has 2 heterocycles. The highest BCUT2D eigenvalue weighted by Gasteiger charge is 2.29. The number of carbonyl (C=O) groups is 1. The van der Waals surface area contributed by atoms with Gasteiger partial charge in [0.05, 0.1) is 5.56 Å². The maximum atomic E-state index is 11.8. The van der Waals surface area contributed by atoms with Crippen LogP contribution in [0.5, 0.6) is 0 Å². The molecule has 0 saturated carbocycles. The Morgan fingerprint density at radius 3 is 2.50 bits per heavy atom. The van der Waals surface area contributed by atoms with E-state index in [0.29, 0.717) is 5.56 Å². The number of piperidine rings is 1. The van der Waals surface area contributed by atoms with E-state index in [4.69, 9.17) is 5.73 Å². The van der Waals surface area contributed by atoms with Crippen LogP contribution in [0.1, 0.15) is 30.1 Å². The van der Waals surface area contributed by atoms with Gasteiger partial charge in [-0.05, 0) is 36.9 Å². The zero-order valence-electron chi connectivity index (χ0n) is 12.6. The summed E-state index contributed by atoms with van der Waals surface area (Å²) in [6, 6.07) is 3.78. The Hall–Kier alpha value is -1.62. The van der Waals surface area contributed by atoms with E-state index in [1.165, 1.54) is 0 Å². The molecule has 0 unspecified atom stereocenters. The van der Waals surface area contributed by atoms with E-state index in [9.17, 15) is 4.79 Å². The fourth-order valence-electron chi connectivity index (χ4n) is 2.44. The van der Waals surface area contributed by atoms with Crippen molar-refractivity contribution in [2.75, 3.05) is 38.6 Å². The predicted octanol–water partition coefficient (Wildman–Crippen LogP) is 1.35. The van der Waals surface area contributed by atoms with Crippen LogP contribution in [0.15, 0.2) is 18.3 Å². The fourth-order valence-corrected chi connectivity index (χ4v) is 2.44. The number of nitrogens with two attached hydrogens (primary N) is 1. The van der Waals surface area contributed by atoms with Gasteiger partial charge >= 0.3 is 0 Å². The highest BCUT2D eigenvalue weighted by molar-refractivity contribution is 5.93. The Labute approximate surface area is 120 Å². The van der Waals surface area contributed by atoms with E-state index in [1.54, 1.807) is 25.2 Å². The molecule has 110 valence electrons. The van der Waals surface area contributed by atoms with Crippen molar-refractivity contribution in [1.82, 2.24) is 9.88 Å². The predicted molar refractivity (Wildman–Crippen MR) is 80.9 cm³/mol. The second kappa shape index (κ2) is 5.79. The van der Waals surface area contributed by atoms with E-state index >= 15 is 0 Å². The van der Waals surface area contributed by atoms with Crippen LogP contribution < -0.4 is 10.6 Å². The zero-order chi connectivity index (χ0) is 14.8. The highest BCUT2D eigenvalue weighted by atomic mass is 16.2. The van der Waals surface area contributed by atoms with Crippen LogP contribution in [-0.2, 0) is 0 Å². The van der Waals surface area contributed by atoms with Crippen molar-refractivity contribution in [3.05, 3.63) is 23.9 Å². The van der Waals surface area contributed by atoms with Gasteiger partial charge in [0.15, 0.2) is 0 Å². The van der Waals surface area contributed by atoms with Crippen LogP contribution in [0.4, 0.5) is 5.82 Å². The summed E-state index contributed by atoms with van der Waals surface area (Å²) >= 11 is 0. The molecule has 0 spiro atoms. The SMILES string of the molecule is CN(C)C(=O)c1ccc(N2CCC(C)(CN)CC2)nc1. The van der Waals surface area contributed by atoms with Gasteiger partial charge in [-0.25, -0.2) is 4.98 Å². The number of hydrogen-bond acceptors (Lipinski definition) is 4. The maximum absolute atomic E-state index is 11.8. The van der Waals surface area contributed by atoms with E-state index in [1.807, 2.05) is 12.1 Å². The van der Waals surface area contributed by atoms with Crippen molar-refractivity contribution in [2.45, 2.75) is 19.8 Å². The molecule has 2 rings (SSSR count). The van der Waals surface area contributed by atoms with Crippen LogP contribution in [-0.4, -0.2) is 49.5 Å². The molecular formula is C15H24N4O. The van der Waals surface area contributed by atoms with E-state index < -0.39 is 0 Å². The zero-order valence-corrected chi connectivity index (χ0v) is 12.6. The summed E-state index contributed by atoms with van der Waals surface area (Å²) in [6.45, 7) is 4.94. The van der Waals surface area contributed by atoms with Crippen LogP contribution >= 0.6 is 0 Å². The summed E-state index contributed by atoms with van der Waals surface area (Å²) in [4.78, 5) is 20.1. The molecule has 20 heavy (non-hydrogen) atoms. The van der Waals surface area contributed by atoms with Gasteiger partial charge < -0.3 is 15.5 Å². The number of nitrogens with zero attached hydrogens (tertiary/aromatic N) is 3. The van der Waals surface area contributed by atoms with Crippen LogP contribution in [0.2, 0.25) is 0 Å². The van der Waals surface area contributed by atoms with Gasteiger partial charge in [0.1, 0.15) is 5.82 Å². The molecule has 1 amide bonds. The molecule has 0 radical (unpaired) electrons. The third-order valence-electron chi connectivity index (χ3n) is 4.19. The minimum atomic E-state index is -0.0154. The maximum Gasteiger partial charge on any atom is 0.254 e. The number of rotatable bonds is 3. The average Bonchev–Trinajstić information content (AvgIpc) is 2.47. The van der Waals surface area contributed by atoms with Gasteiger partial charge in [0.2, 0.25) is 0 Å². The molecule has 1 aliphatic heterocycles. The molecule has 1 saturated heterocycles. The standard InChI is InChI=1S/C15H24N4O/c1-15(11-16)6-8-19(9-7-15)13-5-4-12(10-17-13)14(20)18(2)3/h4-5,10H,6-9,11,16H2,1-3H3. The number of aromatic nitrogens is 1. The number of pyridine rings is 1. The molecule has 1 aromatic heterocycles. The average molecular weight is 276 g/mol. The van der Waals surface area contributed by atoms with Crippen molar-refractivity contribution < 1.29 is 4.79 Å². The molecule has 1 aromatic rings. The Morgan fingerprint density at radius 1 is 1.40 bits per heavy atom. The summed E-state index contributed by atoms with van der Waals surface area (Å²) in [5.41, 5.74) is 6.72. The molecule has 5 heteroatoms. The van der Waals surface area contributed by atoms with Crippen LogP contribution in [0.3, 0.4) is 0 Å². The molecule has 5 nitrogen and oxygen atoms in total. The third-order valence-corrected chi connectivity index (χ3v) is 4.19. The molecule has 0 bridgehead atoms. The molecule has 2 N–H and O–H groups in total. The molecule has 1 fully saturated rings. The smallest absolute Gasteiger partial charge is 0.254 e. The van der Waals surface area contributed by atoms with Gasteiger partial charge in [-0.1, -0.05) is 6.92 Å². The van der Waals surface area contributed by atoms with Crippen LogP contribution in [0.25, 0.3) is 0 Å². The molecule has 0 atom stereocenters. The fraction of sp³-hybridized carbons (Fsp3) is 0.600. The summed E-state index contributed by atoms with van der Waals surface area (Å²) in [5, 5.41) is 0. The van der Waals surface area contributed by atoms with Gasteiger partial charge in [-0.15, -0.1) is 0 Å². The first kappa shape index (κ1) is 14.8. The lowest BCUT2D eigenvalue weighted by Gasteiger charge is -2.39. The number of hydrogen-bond donors (Lipinski definition) is 1. The Bertz CT molecular complexity index is 461. The first-order chi connectivity index (χ1) is 9.45. The number of anilines is 1. The quantitative estimate of drug-likeness (QED) is 0.905. The van der Waals surface area contributed by atoms with E-state index in [2.05, 4.69) is 16.8 Å². The Morgan fingerprint density at radius 2 is 2.05 bits per heavy atom. The molecule has 0 aromatic carbocycles. The Kier molecular flexibility index (Phi) is 4.28. The van der Waals surface area contributed by atoms with Crippen molar-refractivity contribution in [3.8, 4) is 0 Å². The van der Waals surface area contributed by atoms with Crippen molar-refractivity contribution in [2.24, 2.45) is 11.1 Å². The van der Waals surface area contributed by atoms with Gasteiger partial charge in [0, 0.05) is 33.4 Å².